The van der Waals surface area contributed by atoms with E-state index in [1.54, 1.807) is 14.2 Å². The highest BCUT2D eigenvalue weighted by Gasteiger charge is 2.44. The van der Waals surface area contributed by atoms with E-state index in [0.29, 0.717) is 11.5 Å². The SMILES string of the molecule is COc1ccc(-n2nnnc2C2(N3CCOCC3)CCCCC2)cc1OC. The standard InChI is InChI=1S/C19H27N5O3/c1-25-16-7-6-15(14-17(16)26-2)24-18(20-21-22-24)19(8-4-3-5-9-19)23-10-12-27-13-11-23/h6-7,14H,3-5,8-13H2,1-2H3. The molecule has 0 amide bonds. The summed E-state index contributed by atoms with van der Waals surface area (Å²) in [5.74, 6) is 2.27. The van der Waals surface area contributed by atoms with Gasteiger partial charge in [-0.1, -0.05) is 19.3 Å². The van der Waals surface area contributed by atoms with E-state index in [0.717, 1.165) is 50.7 Å². The molecule has 8 heteroatoms. The highest BCUT2D eigenvalue weighted by Crippen LogP contribution is 2.42. The molecule has 2 aliphatic rings. The van der Waals surface area contributed by atoms with Crippen molar-refractivity contribution in [1.29, 1.82) is 0 Å². The second-order valence-electron chi connectivity index (χ2n) is 7.15. The van der Waals surface area contributed by atoms with Crippen LogP contribution in [0.5, 0.6) is 11.5 Å². The van der Waals surface area contributed by atoms with E-state index in [4.69, 9.17) is 14.2 Å². The van der Waals surface area contributed by atoms with Gasteiger partial charge in [0.25, 0.3) is 0 Å². The molecule has 0 atom stereocenters. The fraction of sp³-hybridized carbons (Fsp3) is 0.632. The highest BCUT2D eigenvalue weighted by molar-refractivity contribution is 5.48. The van der Waals surface area contributed by atoms with Gasteiger partial charge < -0.3 is 14.2 Å². The van der Waals surface area contributed by atoms with E-state index in [9.17, 15) is 0 Å². The van der Waals surface area contributed by atoms with Crippen LogP contribution in [0.1, 0.15) is 37.9 Å². The Kier molecular flexibility index (Phi) is 5.27. The van der Waals surface area contributed by atoms with E-state index in [1.807, 2.05) is 22.9 Å². The van der Waals surface area contributed by atoms with Crippen molar-refractivity contribution in [3.05, 3.63) is 24.0 Å². The minimum atomic E-state index is -0.140. The number of tetrazole rings is 1. The molecule has 1 aromatic carbocycles. The first-order valence-corrected chi connectivity index (χ1v) is 9.62. The number of rotatable bonds is 5. The minimum absolute atomic E-state index is 0.140. The number of hydrogen-bond acceptors (Lipinski definition) is 7. The average Bonchev–Trinajstić information content (AvgIpc) is 3.25. The molecule has 2 fully saturated rings. The lowest BCUT2D eigenvalue weighted by molar-refractivity contribution is -0.0451. The smallest absolute Gasteiger partial charge is 0.176 e. The number of nitrogens with zero attached hydrogens (tertiary/aromatic N) is 5. The number of hydrogen-bond donors (Lipinski definition) is 0. The van der Waals surface area contributed by atoms with Crippen LogP contribution in [0.25, 0.3) is 5.69 Å². The molecule has 0 unspecified atom stereocenters. The van der Waals surface area contributed by atoms with Crippen LogP contribution in [-0.2, 0) is 10.3 Å². The van der Waals surface area contributed by atoms with Crippen molar-refractivity contribution in [2.75, 3.05) is 40.5 Å². The van der Waals surface area contributed by atoms with Crippen molar-refractivity contribution in [2.24, 2.45) is 0 Å². The monoisotopic (exact) mass is 373 g/mol. The number of benzene rings is 1. The topological polar surface area (TPSA) is 74.5 Å². The molecular weight excluding hydrogens is 346 g/mol. The van der Waals surface area contributed by atoms with Crippen molar-refractivity contribution >= 4 is 0 Å². The van der Waals surface area contributed by atoms with Gasteiger partial charge in [-0.2, -0.15) is 4.68 Å². The largest absolute Gasteiger partial charge is 0.493 e. The summed E-state index contributed by atoms with van der Waals surface area (Å²) in [5.41, 5.74) is 0.740. The Morgan fingerprint density at radius 2 is 1.74 bits per heavy atom. The van der Waals surface area contributed by atoms with Gasteiger partial charge in [0.1, 0.15) is 0 Å². The predicted molar refractivity (Wildman–Crippen MR) is 99.4 cm³/mol. The van der Waals surface area contributed by atoms with Crippen molar-refractivity contribution in [3.63, 3.8) is 0 Å². The summed E-state index contributed by atoms with van der Waals surface area (Å²) < 4.78 is 18.3. The van der Waals surface area contributed by atoms with Crippen LogP contribution in [0.4, 0.5) is 0 Å². The number of methoxy groups -OCH3 is 2. The van der Waals surface area contributed by atoms with Crippen LogP contribution < -0.4 is 9.47 Å². The fourth-order valence-electron chi connectivity index (χ4n) is 4.42. The number of morpholine rings is 1. The summed E-state index contributed by atoms with van der Waals surface area (Å²) in [6, 6.07) is 5.79. The van der Waals surface area contributed by atoms with E-state index < -0.39 is 0 Å². The summed E-state index contributed by atoms with van der Waals surface area (Å²) in [5, 5.41) is 12.9. The van der Waals surface area contributed by atoms with Crippen LogP contribution in [0.15, 0.2) is 18.2 Å². The Bertz CT molecular complexity index is 766. The first-order chi connectivity index (χ1) is 13.3. The molecule has 0 bridgehead atoms. The number of ether oxygens (including phenoxy) is 3. The Labute approximate surface area is 159 Å². The van der Waals surface area contributed by atoms with Crippen LogP contribution in [0.3, 0.4) is 0 Å². The van der Waals surface area contributed by atoms with Crippen LogP contribution >= 0.6 is 0 Å². The van der Waals surface area contributed by atoms with Crippen molar-refractivity contribution in [2.45, 2.75) is 37.6 Å². The van der Waals surface area contributed by atoms with Gasteiger partial charge in [0.05, 0.1) is 38.7 Å². The van der Waals surface area contributed by atoms with E-state index >= 15 is 0 Å². The molecule has 146 valence electrons. The molecule has 1 saturated heterocycles. The fourth-order valence-corrected chi connectivity index (χ4v) is 4.42. The average molecular weight is 373 g/mol. The highest BCUT2D eigenvalue weighted by atomic mass is 16.5. The third kappa shape index (κ3) is 3.27. The van der Waals surface area contributed by atoms with Gasteiger partial charge in [-0.05, 0) is 35.4 Å². The van der Waals surface area contributed by atoms with Crippen LogP contribution in [0, 0.1) is 0 Å². The van der Waals surface area contributed by atoms with Crippen LogP contribution in [-0.4, -0.2) is 65.6 Å². The molecule has 0 N–H and O–H groups in total. The predicted octanol–water partition coefficient (Wildman–Crippen LogP) is 2.17. The zero-order chi connectivity index (χ0) is 18.7. The molecule has 27 heavy (non-hydrogen) atoms. The molecule has 4 rings (SSSR count). The first-order valence-electron chi connectivity index (χ1n) is 9.62. The maximum atomic E-state index is 5.59. The van der Waals surface area contributed by atoms with Gasteiger partial charge in [-0.15, -0.1) is 5.10 Å². The Morgan fingerprint density at radius 3 is 2.44 bits per heavy atom. The van der Waals surface area contributed by atoms with Gasteiger partial charge in [-0.25, -0.2) is 0 Å². The third-order valence-electron chi connectivity index (χ3n) is 5.79. The summed E-state index contributed by atoms with van der Waals surface area (Å²) in [7, 11) is 3.27. The molecule has 8 nitrogen and oxygen atoms in total. The third-order valence-corrected chi connectivity index (χ3v) is 5.79. The molecule has 0 spiro atoms. The second-order valence-corrected chi connectivity index (χ2v) is 7.15. The van der Waals surface area contributed by atoms with Crippen molar-refractivity contribution < 1.29 is 14.2 Å². The van der Waals surface area contributed by atoms with Gasteiger partial charge in [-0.3, -0.25) is 4.90 Å². The maximum Gasteiger partial charge on any atom is 0.176 e. The summed E-state index contributed by atoms with van der Waals surface area (Å²) in [6.45, 7) is 3.36. The van der Waals surface area contributed by atoms with Crippen LogP contribution in [0.2, 0.25) is 0 Å². The molecule has 1 aliphatic carbocycles. The van der Waals surface area contributed by atoms with Gasteiger partial charge >= 0.3 is 0 Å². The van der Waals surface area contributed by atoms with E-state index in [-0.39, 0.29) is 5.54 Å². The van der Waals surface area contributed by atoms with E-state index in [1.165, 1.54) is 19.3 Å². The molecular formula is C19H27N5O3. The van der Waals surface area contributed by atoms with Crippen molar-refractivity contribution in [3.8, 4) is 17.2 Å². The Balaban J connectivity index is 1.76. The Morgan fingerprint density at radius 1 is 1.00 bits per heavy atom. The maximum absolute atomic E-state index is 5.59. The zero-order valence-electron chi connectivity index (χ0n) is 16.1. The molecule has 1 aromatic heterocycles. The summed E-state index contributed by atoms with van der Waals surface area (Å²) in [6.07, 6.45) is 5.79. The second kappa shape index (κ2) is 7.82. The van der Waals surface area contributed by atoms with Gasteiger partial charge in [0.2, 0.25) is 0 Å². The normalized spacial score (nSPS) is 20.4. The van der Waals surface area contributed by atoms with Gasteiger partial charge in [0, 0.05) is 19.2 Å². The molecule has 1 aliphatic heterocycles. The molecule has 2 aromatic rings. The lowest BCUT2D eigenvalue weighted by Gasteiger charge is -2.46. The minimum Gasteiger partial charge on any atom is -0.493 e. The zero-order valence-corrected chi connectivity index (χ0v) is 16.1. The number of aromatic nitrogens is 4. The van der Waals surface area contributed by atoms with Crippen molar-refractivity contribution in [1.82, 2.24) is 25.1 Å². The summed E-state index contributed by atoms with van der Waals surface area (Å²) in [4.78, 5) is 2.53. The summed E-state index contributed by atoms with van der Waals surface area (Å²) >= 11 is 0. The first kappa shape index (κ1) is 18.2. The lowest BCUT2D eigenvalue weighted by Crippen LogP contribution is -2.53. The molecule has 2 heterocycles. The lowest BCUT2D eigenvalue weighted by atomic mass is 9.79. The van der Waals surface area contributed by atoms with Gasteiger partial charge in [0.15, 0.2) is 17.3 Å². The Hall–Kier alpha value is -2.19. The quantitative estimate of drug-likeness (QED) is 0.795. The molecule has 1 saturated carbocycles. The molecule has 0 radical (unpaired) electrons. The van der Waals surface area contributed by atoms with E-state index in [2.05, 4.69) is 20.4 Å².